The molecule has 3 nitrogen and oxygen atoms in total. The van der Waals surface area contributed by atoms with Gasteiger partial charge in [-0.25, -0.2) is 0 Å². The van der Waals surface area contributed by atoms with Crippen LogP contribution in [0.15, 0.2) is 12.2 Å². The van der Waals surface area contributed by atoms with Crippen molar-refractivity contribution >= 4 is 5.84 Å². The molecule has 1 N–H and O–H groups in total. The van der Waals surface area contributed by atoms with Crippen molar-refractivity contribution in [1.82, 2.24) is 4.90 Å². The van der Waals surface area contributed by atoms with E-state index in [0.717, 1.165) is 31.9 Å². The zero-order valence-electron chi connectivity index (χ0n) is 6.89. The highest BCUT2D eigenvalue weighted by molar-refractivity contribution is 5.94. The minimum Gasteiger partial charge on any atom is -0.378 e. The van der Waals surface area contributed by atoms with E-state index in [1.54, 1.807) is 0 Å². The fourth-order valence-corrected chi connectivity index (χ4v) is 1.06. The molecule has 0 atom stereocenters. The molecule has 1 rings (SSSR count). The number of nitrogens with zero attached hydrogens (tertiary/aromatic N) is 1. The van der Waals surface area contributed by atoms with Crippen molar-refractivity contribution in [2.24, 2.45) is 0 Å². The number of ether oxygens (including phenoxy) is 1. The average molecular weight is 154 g/mol. The molecule has 1 saturated heterocycles. The summed E-state index contributed by atoms with van der Waals surface area (Å²) >= 11 is 0. The first-order chi connectivity index (χ1) is 5.22. The van der Waals surface area contributed by atoms with Gasteiger partial charge >= 0.3 is 0 Å². The van der Waals surface area contributed by atoms with E-state index in [9.17, 15) is 0 Å². The molecule has 0 amide bonds. The summed E-state index contributed by atoms with van der Waals surface area (Å²) < 4.78 is 5.16. The maximum Gasteiger partial charge on any atom is 0.123 e. The van der Waals surface area contributed by atoms with Gasteiger partial charge in [-0.15, -0.1) is 0 Å². The van der Waals surface area contributed by atoms with Gasteiger partial charge in [0.2, 0.25) is 0 Å². The predicted octanol–water partition coefficient (Wildman–Crippen LogP) is 0.872. The van der Waals surface area contributed by atoms with Gasteiger partial charge in [-0.3, -0.25) is 5.41 Å². The number of hydrogen-bond acceptors (Lipinski definition) is 2. The Morgan fingerprint density at radius 1 is 1.45 bits per heavy atom. The molecular formula is C8H14N2O. The lowest BCUT2D eigenvalue weighted by atomic mass is 10.2. The lowest BCUT2D eigenvalue weighted by Gasteiger charge is -2.28. The Morgan fingerprint density at radius 2 is 2.00 bits per heavy atom. The van der Waals surface area contributed by atoms with Crippen molar-refractivity contribution in [2.75, 3.05) is 26.3 Å². The molecule has 0 aromatic rings. The summed E-state index contributed by atoms with van der Waals surface area (Å²) in [5.74, 6) is 0.549. The topological polar surface area (TPSA) is 36.3 Å². The second kappa shape index (κ2) is 3.53. The second-order valence-electron chi connectivity index (χ2n) is 2.73. The monoisotopic (exact) mass is 154 g/mol. The first-order valence-corrected chi connectivity index (χ1v) is 3.79. The fourth-order valence-electron chi connectivity index (χ4n) is 1.06. The Morgan fingerprint density at radius 3 is 2.45 bits per heavy atom. The van der Waals surface area contributed by atoms with Crippen molar-refractivity contribution in [3.05, 3.63) is 12.2 Å². The van der Waals surface area contributed by atoms with Crippen LogP contribution in [0.5, 0.6) is 0 Å². The van der Waals surface area contributed by atoms with Crippen LogP contribution >= 0.6 is 0 Å². The first-order valence-electron chi connectivity index (χ1n) is 3.79. The zero-order chi connectivity index (χ0) is 8.27. The second-order valence-corrected chi connectivity index (χ2v) is 2.73. The Bertz CT molecular complexity index is 171. The molecule has 3 heteroatoms. The van der Waals surface area contributed by atoms with Crippen molar-refractivity contribution < 1.29 is 4.74 Å². The van der Waals surface area contributed by atoms with Gasteiger partial charge < -0.3 is 9.64 Å². The van der Waals surface area contributed by atoms with Gasteiger partial charge in [0.1, 0.15) is 5.84 Å². The predicted molar refractivity (Wildman–Crippen MR) is 44.9 cm³/mol. The van der Waals surface area contributed by atoms with Crippen LogP contribution in [0.4, 0.5) is 0 Å². The van der Waals surface area contributed by atoms with Crippen molar-refractivity contribution in [3.63, 3.8) is 0 Å². The van der Waals surface area contributed by atoms with Crippen LogP contribution in [0.25, 0.3) is 0 Å². The third kappa shape index (κ3) is 2.05. The molecule has 0 radical (unpaired) electrons. The summed E-state index contributed by atoms with van der Waals surface area (Å²) in [7, 11) is 0. The van der Waals surface area contributed by atoms with E-state index in [4.69, 9.17) is 10.1 Å². The molecule has 0 aromatic heterocycles. The highest BCUT2D eigenvalue weighted by Crippen LogP contribution is 2.02. The fraction of sp³-hybridized carbons (Fsp3) is 0.625. The Hall–Kier alpha value is -0.830. The number of rotatable bonds is 1. The molecule has 1 aliphatic heterocycles. The summed E-state index contributed by atoms with van der Waals surface area (Å²) in [5.41, 5.74) is 0.826. The molecule has 0 bridgehead atoms. The van der Waals surface area contributed by atoms with Crippen LogP contribution in [0.3, 0.4) is 0 Å². The Balaban J connectivity index is 2.45. The SMILES string of the molecule is C=C(C)C(=N)N1CCOCC1. The lowest BCUT2D eigenvalue weighted by Crippen LogP contribution is -2.40. The van der Waals surface area contributed by atoms with E-state index < -0.39 is 0 Å². The van der Waals surface area contributed by atoms with E-state index in [2.05, 4.69) is 6.58 Å². The molecule has 0 saturated carbocycles. The normalized spacial score (nSPS) is 18.1. The summed E-state index contributed by atoms with van der Waals surface area (Å²) in [6.07, 6.45) is 0. The van der Waals surface area contributed by atoms with Crippen molar-refractivity contribution in [2.45, 2.75) is 6.92 Å². The van der Waals surface area contributed by atoms with Gasteiger partial charge in [-0.1, -0.05) is 6.58 Å². The maximum atomic E-state index is 7.61. The molecular weight excluding hydrogens is 140 g/mol. The van der Waals surface area contributed by atoms with Gasteiger partial charge in [0.05, 0.1) is 13.2 Å². The third-order valence-corrected chi connectivity index (χ3v) is 1.73. The van der Waals surface area contributed by atoms with E-state index in [1.807, 2.05) is 11.8 Å². The highest BCUT2D eigenvalue weighted by atomic mass is 16.5. The summed E-state index contributed by atoms with van der Waals surface area (Å²) in [4.78, 5) is 1.99. The van der Waals surface area contributed by atoms with Crippen molar-refractivity contribution in [1.29, 1.82) is 5.41 Å². The van der Waals surface area contributed by atoms with Crippen molar-refractivity contribution in [3.8, 4) is 0 Å². The smallest absolute Gasteiger partial charge is 0.123 e. The standard InChI is InChI=1S/C8H14N2O/c1-7(2)8(9)10-3-5-11-6-4-10/h9H,1,3-6H2,2H3. The maximum absolute atomic E-state index is 7.61. The third-order valence-electron chi connectivity index (χ3n) is 1.73. The molecule has 11 heavy (non-hydrogen) atoms. The number of morpholine rings is 1. The minimum absolute atomic E-state index is 0.549. The Labute approximate surface area is 67.2 Å². The molecule has 0 aliphatic carbocycles. The van der Waals surface area contributed by atoms with Crippen LogP contribution in [0, 0.1) is 5.41 Å². The number of hydrogen-bond donors (Lipinski definition) is 1. The van der Waals surface area contributed by atoms with Gasteiger partial charge in [0, 0.05) is 13.1 Å². The molecule has 0 unspecified atom stereocenters. The number of nitrogens with one attached hydrogen (secondary N) is 1. The summed E-state index contributed by atoms with van der Waals surface area (Å²) in [6, 6.07) is 0. The quantitative estimate of drug-likeness (QED) is 0.449. The molecule has 1 aliphatic rings. The summed E-state index contributed by atoms with van der Waals surface area (Å²) in [5, 5.41) is 7.61. The van der Waals surface area contributed by atoms with Crippen LogP contribution in [0.2, 0.25) is 0 Å². The van der Waals surface area contributed by atoms with Gasteiger partial charge in [-0.2, -0.15) is 0 Å². The van der Waals surface area contributed by atoms with E-state index in [1.165, 1.54) is 0 Å². The van der Waals surface area contributed by atoms with E-state index in [-0.39, 0.29) is 0 Å². The van der Waals surface area contributed by atoms with Gasteiger partial charge in [0.15, 0.2) is 0 Å². The van der Waals surface area contributed by atoms with Crippen LogP contribution in [-0.4, -0.2) is 37.0 Å². The molecule has 62 valence electrons. The van der Waals surface area contributed by atoms with Crippen LogP contribution in [-0.2, 0) is 4.74 Å². The molecule has 1 fully saturated rings. The minimum atomic E-state index is 0.549. The lowest BCUT2D eigenvalue weighted by molar-refractivity contribution is 0.0679. The molecule has 0 spiro atoms. The average Bonchev–Trinajstić information content (AvgIpc) is 2.05. The zero-order valence-corrected chi connectivity index (χ0v) is 6.89. The van der Waals surface area contributed by atoms with Gasteiger partial charge in [0.25, 0.3) is 0 Å². The van der Waals surface area contributed by atoms with Crippen LogP contribution < -0.4 is 0 Å². The number of amidine groups is 1. The molecule has 1 heterocycles. The first kappa shape index (κ1) is 8.27. The largest absolute Gasteiger partial charge is 0.378 e. The van der Waals surface area contributed by atoms with E-state index >= 15 is 0 Å². The summed E-state index contributed by atoms with van der Waals surface area (Å²) in [6.45, 7) is 8.70. The van der Waals surface area contributed by atoms with Gasteiger partial charge in [-0.05, 0) is 12.5 Å². The molecule has 0 aromatic carbocycles. The Kier molecular flexibility index (Phi) is 2.65. The van der Waals surface area contributed by atoms with E-state index in [0.29, 0.717) is 5.84 Å². The van der Waals surface area contributed by atoms with Crippen LogP contribution in [0.1, 0.15) is 6.92 Å². The highest BCUT2D eigenvalue weighted by Gasteiger charge is 2.13.